The van der Waals surface area contributed by atoms with Crippen LogP contribution in [0.2, 0.25) is 0 Å². The number of carbonyl (C=O) groups is 2. The number of carbonyl (C=O) groups excluding carboxylic acids is 1. The molecule has 0 aliphatic carbocycles. The first-order chi connectivity index (χ1) is 15.1. The third-order valence-corrected chi connectivity index (χ3v) is 5.58. The topological polar surface area (TPSA) is 66.4 Å². The van der Waals surface area contributed by atoms with Gasteiger partial charge in [-0.15, -0.1) is 0 Å². The Morgan fingerprint density at radius 2 is 1.39 bits per heavy atom. The van der Waals surface area contributed by atoms with Gasteiger partial charge in [0.15, 0.2) is 0 Å². The van der Waals surface area contributed by atoms with Gasteiger partial charge in [0, 0.05) is 12.8 Å². The highest BCUT2D eigenvalue weighted by Crippen LogP contribution is 2.11. The first-order valence-corrected chi connectivity index (χ1v) is 12.3. The molecule has 0 spiro atoms. The summed E-state index contributed by atoms with van der Waals surface area (Å²) in [6.07, 6.45) is 21.2. The number of amides is 1. The van der Waals surface area contributed by atoms with Crippen LogP contribution in [0.3, 0.4) is 0 Å². The van der Waals surface area contributed by atoms with Crippen molar-refractivity contribution >= 4 is 11.9 Å². The Hall–Kier alpha value is -2.10. The number of rotatable bonds is 19. The molecule has 0 radical (unpaired) electrons. The fourth-order valence-electron chi connectivity index (χ4n) is 3.67. The minimum Gasteiger partial charge on any atom is -0.480 e. The Kier molecular flexibility index (Phi) is 16.2. The molecule has 0 bridgehead atoms. The number of unbranched alkanes of at least 4 members (excludes halogenated alkanes) is 11. The van der Waals surface area contributed by atoms with Crippen molar-refractivity contribution < 1.29 is 14.7 Å². The van der Waals surface area contributed by atoms with Crippen LogP contribution in [0.25, 0.3) is 0 Å². The molecular formula is C27H43NO3. The zero-order chi connectivity index (χ0) is 22.6. The summed E-state index contributed by atoms with van der Waals surface area (Å²) in [7, 11) is 0. The van der Waals surface area contributed by atoms with Crippen LogP contribution in [0.5, 0.6) is 0 Å². The second-order valence-corrected chi connectivity index (χ2v) is 8.48. The fraction of sp³-hybridized carbons (Fsp3) is 0.630. The van der Waals surface area contributed by atoms with E-state index in [1.807, 2.05) is 30.3 Å². The molecule has 4 nitrogen and oxygen atoms in total. The van der Waals surface area contributed by atoms with E-state index in [1.165, 1.54) is 64.2 Å². The van der Waals surface area contributed by atoms with Gasteiger partial charge in [-0.25, -0.2) is 4.79 Å². The van der Waals surface area contributed by atoms with Crippen molar-refractivity contribution in [2.75, 3.05) is 0 Å². The van der Waals surface area contributed by atoms with E-state index in [0.29, 0.717) is 12.8 Å². The number of carboxylic acid groups (broad SMARTS) is 1. The molecule has 1 atom stereocenters. The van der Waals surface area contributed by atoms with Crippen LogP contribution in [0.4, 0.5) is 0 Å². The van der Waals surface area contributed by atoms with Gasteiger partial charge in [-0.05, 0) is 37.7 Å². The average molecular weight is 430 g/mol. The average Bonchev–Trinajstić information content (AvgIpc) is 2.76. The van der Waals surface area contributed by atoms with Crippen molar-refractivity contribution in [3.63, 3.8) is 0 Å². The Balaban J connectivity index is 1.99. The predicted octanol–water partition coefficient (Wildman–Crippen LogP) is 6.84. The SMILES string of the molecule is CCCCCC/C=C\CCCCCCCCCC(=O)NC(Cc1ccccc1)C(=O)O. The van der Waals surface area contributed by atoms with Crippen LogP contribution in [0.1, 0.15) is 102 Å². The lowest BCUT2D eigenvalue weighted by atomic mass is 10.0. The van der Waals surface area contributed by atoms with E-state index >= 15 is 0 Å². The van der Waals surface area contributed by atoms with E-state index in [2.05, 4.69) is 24.4 Å². The molecule has 31 heavy (non-hydrogen) atoms. The standard InChI is InChI=1S/C27H43NO3/c1-2-3-4-5-6-7-8-9-10-11-12-13-14-15-19-22-26(29)28-25(27(30)31)23-24-20-17-16-18-21-24/h7-8,16-18,20-21,25H,2-6,9-15,19,22-23H2,1H3,(H,28,29)(H,30,31)/b8-7-. The maximum atomic E-state index is 12.1. The molecular weight excluding hydrogens is 386 g/mol. The van der Waals surface area contributed by atoms with Crippen molar-refractivity contribution in [2.45, 2.75) is 109 Å². The number of nitrogens with one attached hydrogen (secondary N) is 1. The van der Waals surface area contributed by atoms with Crippen LogP contribution < -0.4 is 5.32 Å². The zero-order valence-corrected chi connectivity index (χ0v) is 19.5. The quantitative estimate of drug-likeness (QED) is 0.187. The lowest BCUT2D eigenvalue weighted by Crippen LogP contribution is -2.42. The van der Waals surface area contributed by atoms with Gasteiger partial charge in [-0.1, -0.05) is 101 Å². The van der Waals surface area contributed by atoms with Crippen molar-refractivity contribution in [1.82, 2.24) is 5.32 Å². The van der Waals surface area contributed by atoms with E-state index in [9.17, 15) is 14.7 Å². The summed E-state index contributed by atoms with van der Waals surface area (Å²) in [6, 6.07) is 8.55. The molecule has 174 valence electrons. The van der Waals surface area contributed by atoms with Crippen molar-refractivity contribution in [3.8, 4) is 0 Å². The van der Waals surface area contributed by atoms with Crippen LogP contribution >= 0.6 is 0 Å². The van der Waals surface area contributed by atoms with Crippen LogP contribution in [-0.4, -0.2) is 23.0 Å². The lowest BCUT2D eigenvalue weighted by Gasteiger charge is -2.14. The van der Waals surface area contributed by atoms with Gasteiger partial charge in [0.2, 0.25) is 5.91 Å². The van der Waals surface area contributed by atoms with Crippen LogP contribution in [0.15, 0.2) is 42.5 Å². The molecule has 0 saturated carbocycles. The number of benzene rings is 1. The largest absolute Gasteiger partial charge is 0.480 e. The monoisotopic (exact) mass is 429 g/mol. The smallest absolute Gasteiger partial charge is 0.326 e. The highest BCUT2D eigenvalue weighted by Gasteiger charge is 2.19. The zero-order valence-electron chi connectivity index (χ0n) is 19.5. The van der Waals surface area contributed by atoms with Gasteiger partial charge in [-0.2, -0.15) is 0 Å². The third kappa shape index (κ3) is 15.4. The Morgan fingerprint density at radius 3 is 1.97 bits per heavy atom. The predicted molar refractivity (Wildman–Crippen MR) is 129 cm³/mol. The van der Waals surface area contributed by atoms with Crippen molar-refractivity contribution in [2.24, 2.45) is 0 Å². The summed E-state index contributed by atoms with van der Waals surface area (Å²) >= 11 is 0. The van der Waals surface area contributed by atoms with Crippen LogP contribution in [-0.2, 0) is 16.0 Å². The summed E-state index contributed by atoms with van der Waals surface area (Å²) < 4.78 is 0. The van der Waals surface area contributed by atoms with E-state index in [-0.39, 0.29) is 5.91 Å². The molecule has 2 N–H and O–H groups in total. The molecule has 4 heteroatoms. The second kappa shape index (κ2) is 18.7. The third-order valence-electron chi connectivity index (χ3n) is 5.58. The minimum absolute atomic E-state index is 0.162. The van der Waals surface area contributed by atoms with Gasteiger partial charge in [0.25, 0.3) is 0 Å². The molecule has 1 amide bonds. The minimum atomic E-state index is -0.983. The Morgan fingerprint density at radius 1 is 0.839 bits per heavy atom. The second-order valence-electron chi connectivity index (χ2n) is 8.48. The molecule has 0 heterocycles. The van der Waals surface area contributed by atoms with Gasteiger partial charge < -0.3 is 10.4 Å². The number of aliphatic carboxylic acids is 1. The van der Waals surface area contributed by atoms with Gasteiger partial charge in [-0.3, -0.25) is 4.79 Å². The molecule has 1 aromatic carbocycles. The molecule has 0 aromatic heterocycles. The summed E-state index contributed by atoms with van der Waals surface area (Å²) in [5.74, 6) is -1.15. The summed E-state index contributed by atoms with van der Waals surface area (Å²) in [5, 5.41) is 12.0. The molecule has 0 aliphatic heterocycles. The summed E-state index contributed by atoms with van der Waals surface area (Å²) in [6.45, 7) is 2.25. The number of carboxylic acids is 1. The Bertz CT molecular complexity index is 612. The van der Waals surface area contributed by atoms with Gasteiger partial charge in [0.1, 0.15) is 6.04 Å². The lowest BCUT2D eigenvalue weighted by molar-refractivity contribution is -0.141. The molecule has 0 aliphatic rings. The van der Waals surface area contributed by atoms with Crippen LogP contribution in [0, 0.1) is 0 Å². The van der Waals surface area contributed by atoms with E-state index in [4.69, 9.17) is 0 Å². The molecule has 0 saturated heterocycles. The highest BCUT2D eigenvalue weighted by atomic mass is 16.4. The number of hydrogen-bond acceptors (Lipinski definition) is 2. The first kappa shape index (κ1) is 26.9. The summed E-state index contributed by atoms with van der Waals surface area (Å²) in [4.78, 5) is 23.5. The maximum absolute atomic E-state index is 12.1. The van der Waals surface area contributed by atoms with Crippen molar-refractivity contribution in [3.05, 3.63) is 48.0 Å². The summed E-state index contributed by atoms with van der Waals surface area (Å²) in [5.41, 5.74) is 0.915. The molecule has 1 unspecified atom stereocenters. The van der Waals surface area contributed by atoms with Gasteiger partial charge in [0.05, 0.1) is 0 Å². The normalized spacial score (nSPS) is 12.2. The first-order valence-electron chi connectivity index (χ1n) is 12.3. The Labute approximate surface area is 189 Å². The molecule has 1 aromatic rings. The van der Waals surface area contributed by atoms with Gasteiger partial charge >= 0.3 is 5.97 Å². The molecule has 1 rings (SSSR count). The fourth-order valence-corrected chi connectivity index (χ4v) is 3.67. The van der Waals surface area contributed by atoms with E-state index in [1.54, 1.807) is 0 Å². The van der Waals surface area contributed by atoms with E-state index in [0.717, 1.165) is 24.8 Å². The highest BCUT2D eigenvalue weighted by molar-refractivity contribution is 5.83. The van der Waals surface area contributed by atoms with E-state index < -0.39 is 12.0 Å². The van der Waals surface area contributed by atoms with Crippen molar-refractivity contribution in [1.29, 1.82) is 0 Å². The number of allylic oxidation sites excluding steroid dienone is 2. The number of hydrogen-bond donors (Lipinski definition) is 2. The molecule has 0 fully saturated rings. The maximum Gasteiger partial charge on any atom is 0.326 e.